The highest BCUT2D eigenvalue weighted by atomic mass is 15.3. The van der Waals surface area contributed by atoms with E-state index in [1.54, 1.807) is 0 Å². The van der Waals surface area contributed by atoms with Gasteiger partial charge in [0.1, 0.15) is 0 Å². The van der Waals surface area contributed by atoms with Crippen molar-refractivity contribution in [2.75, 3.05) is 7.05 Å². The van der Waals surface area contributed by atoms with Gasteiger partial charge in [0, 0.05) is 18.1 Å². The van der Waals surface area contributed by atoms with Crippen LogP contribution in [0.25, 0.3) is 16.6 Å². The van der Waals surface area contributed by atoms with Crippen molar-refractivity contribution < 1.29 is 0 Å². The van der Waals surface area contributed by atoms with E-state index in [4.69, 9.17) is 0 Å². The largest absolute Gasteiger partial charge is 0.314 e. The molecule has 0 spiro atoms. The number of hydrogen-bond acceptors (Lipinski definition) is 3. The number of nitrogens with one attached hydrogen (secondary N) is 1. The molecule has 1 aromatic carbocycles. The van der Waals surface area contributed by atoms with Gasteiger partial charge in [-0.05, 0) is 32.2 Å². The Kier molecular flexibility index (Phi) is 3.01. The Morgan fingerprint density at radius 2 is 2.05 bits per heavy atom. The number of hydrogen-bond donors (Lipinski definition) is 1. The molecule has 4 nitrogen and oxygen atoms in total. The summed E-state index contributed by atoms with van der Waals surface area (Å²) in [6, 6.07) is 12.3. The van der Waals surface area contributed by atoms with Crippen LogP contribution in [0.3, 0.4) is 0 Å². The van der Waals surface area contributed by atoms with Crippen molar-refractivity contribution in [3.8, 4) is 5.69 Å². The third kappa shape index (κ3) is 2.22. The SMILES string of the molecule is CNCc1cc(-n2ccc(C)n2)c2ccccc2n1. The molecule has 0 unspecified atom stereocenters. The Bertz CT molecular complexity index is 715. The van der Waals surface area contributed by atoms with Crippen molar-refractivity contribution in [3.63, 3.8) is 0 Å². The van der Waals surface area contributed by atoms with Gasteiger partial charge in [0.05, 0.1) is 22.6 Å². The van der Waals surface area contributed by atoms with Crippen LogP contribution in [0, 0.1) is 6.92 Å². The topological polar surface area (TPSA) is 42.7 Å². The van der Waals surface area contributed by atoms with Crippen LogP contribution in [-0.2, 0) is 6.54 Å². The lowest BCUT2D eigenvalue weighted by Gasteiger charge is -2.09. The van der Waals surface area contributed by atoms with Gasteiger partial charge in [-0.3, -0.25) is 4.98 Å². The standard InChI is InChI=1S/C15H16N4/c1-11-7-8-19(18-11)15-9-12(10-16-2)17-14-6-4-3-5-13(14)15/h3-9,16H,10H2,1-2H3. The van der Waals surface area contributed by atoms with Crippen LogP contribution in [0.5, 0.6) is 0 Å². The van der Waals surface area contributed by atoms with Crippen LogP contribution < -0.4 is 5.32 Å². The molecular weight excluding hydrogens is 236 g/mol. The molecule has 3 rings (SSSR count). The van der Waals surface area contributed by atoms with E-state index < -0.39 is 0 Å². The molecule has 0 fully saturated rings. The fraction of sp³-hybridized carbons (Fsp3) is 0.200. The summed E-state index contributed by atoms with van der Waals surface area (Å²) in [5.41, 5.74) is 4.10. The summed E-state index contributed by atoms with van der Waals surface area (Å²) in [4.78, 5) is 4.65. The predicted molar refractivity (Wildman–Crippen MR) is 76.4 cm³/mol. The van der Waals surface area contributed by atoms with Gasteiger partial charge >= 0.3 is 0 Å². The summed E-state index contributed by atoms with van der Waals surface area (Å²) in [5, 5.41) is 8.76. The molecule has 0 atom stereocenters. The molecule has 3 aromatic rings. The zero-order valence-electron chi connectivity index (χ0n) is 11.1. The molecule has 0 aliphatic carbocycles. The third-order valence-electron chi connectivity index (χ3n) is 3.07. The van der Waals surface area contributed by atoms with Crippen molar-refractivity contribution in [1.82, 2.24) is 20.1 Å². The van der Waals surface area contributed by atoms with Crippen LogP contribution >= 0.6 is 0 Å². The average Bonchev–Trinajstić information content (AvgIpc) is 2.85. The lowest BCUT2D eigenvalue weighted by molar-refractivity contribution is 0.789. The lowest BCUT2D eigenvalue weighted by atomic mass is 10.1. The van der Waals surface area contributed by atoms with E-state index in [-0.39, 0.29) is 0 Å². The van der Waals surface area contributed by atoms with E-state index in [1.165, 1.54) is 0 Å². The quantitative estimate of drug-likeness (QED) is 0.778. The minimum Gasteiger partial charge on any atom is -0.314 e. The highest BCUT2D eigenvalue weighted by molar-refractivity contribution is 5.87. The fourth-order valence-electron chi connectivity index (χ4n) is 2.22. The van der Waals surface area contributed by atoms with Crippen molar-refractivity contribution in [2.45, 2.75) is 13.5 Å². The van der Waals surface area contributed by atoms with E-state index in [2.05, 4.69) is 27.5 Å². The van der Waals surface area contributed by atoms with Crippen LogP contribution in [0.4, 0.5) is 0 Å². The summed E-state index contributed by atoms with van der Waals surface area (Å²) in [6.45, 7) is 2.74. The number of nitrogens with zero attached hydrogens (tertiary/aromatic N) is 3. The molecule has 96 valence electrons. The number of rotatable bonds is 3. The van der Waals surface area contributed by atoms with E-state index in [1.807, 2.05) is 49.1 Å². The van der Waals surface area contributed by atoms with Gasteiger partial charge in [-0.25, -0.2) is 4.68 Å². The molecule has 1 N–H and O–H groups in total. The molecule has 19 heavy (non-hydrogen) atoms. The summed E-state index contributed by atoms with van der Waals surface area (Å²) in [6.07, 6.45) is 1.99. The van der Waals surface area contributed by atoms with E-state index >= 15 is 0 Å². The Morgan fingerprint density at radius 3 is 2.79 bits per heavy atom. The Hall–Kier alpha value is -2.20. The summed E-state index contributed by atoms with van der Waals surface area (Å²) < 4.78 is 1.92. The minimum atomic E-state index is 0.748. The first-order valence-corrected chi connectivity index (χ1v) is 6.34. The van der Waals surface area contributed by atoms with Gasteiger partial charge in [0.2, 0.25) is 0 Å². The molecule has 0 amide bonds. The predicted octanol–water partition coefficient (Wildman–Crippen LogP) is 2.45. The second kappa shape index (κ2) is 4.82. The second-order valence-corrected chi connectivity index (χ2v) is 4.58. The molecule has 0 saturated carbocycles. The van der Waals surface area contributed by atoms with Gasteiger partial charge in [0.15, 0.2) is 0 Å². The Balaban J connectivity index is 2.25. The molecule has 2 aromatic heterocycles. The first-order chi connectivity index (χ1) is 9.28. The molecule has 0 saturated heterocycles. The molecule has 4 heteroatoms. The summed E-state index contributed by atoms with van der Waals surface area (Å²) >= 11 is 0. The molecular formula is C15H16N4. The average molecular weight is 252 g/mol. The highest BCUT2D eigenvalue weighted by Crippen LogP contribution is 2.21. The summed E-state index contributed by atoms with van der Waals surface area (Å²) in [5.74, 6) is 0. The van der Waals surface area contributed by atoms with Gasteiger partial charge in [-0.2, -0.15) is 5.10 Å². The molecule has 0 bridgehead atoms. The van der Waals surface area contributed by atoms with E-state index in [0.717, 1.165) is 34.5 Å². The van der Waals surface area contributed by atoms with Crippen molar-refractivity contribution in [2.24, 2.45) is 0 Å². The molecule has 2 heterocycles. The van der Waals surface area contributed by atoms with Crippen LogP contribution in [-0.4, -0.2) is 21.8 Å². The maximum absolute atomic E-state index is 4.65. The Morgan fingerprint density at radius 1 is 1.21 bits per heavy atom. The smallest absolute Gasteiger partial charge is 0.0758 e. The van der Waals surface area contributed by atoms with Crippen LogP contribution in [0.15, 0.2) is 42.6 Å². The maximum atomic E-state index is 4.65. The highest BCUT2D eigenvalue weighted by Gasteiger charge is 2.07. The van der Waals surface area contributed by atoms with Crippen molar-refractivity contribution >= 4 is 10.9 Å². The zero-order valence-corrected chi connectivity index (χ0v) is 11.1. The second-order valence-electron chi connectivity index (χ2n) is 4.58. The normalized spacial score (nSPS) is 11.1. The number of aryl methyl sites for hydroxylation is 1. The number of aromatic nitrogens is 3. The molecule has 0 aliphatic heterocycles. The Labute approximate surface area is 112 Å². The monoisotopic (exact) mass is 252 g/mol. The van der Waals surface area contributed by atoms with E-state index in [0.29, 0.717) is 0 Å². The van der Waals surface area contributed by atoms with Crippen molar-refractivity contribution in [1.29, 1.82) is 0 Å². The van der Waals surface area contributed by atoms with Crippen LogP contribution in [0.2, 0.25) is 0 Å². The zero-order chi connectivity index (χ0) is 13.2. The molecule has 0 aliphatic rings. The number of para-hydroxylation sites is 1. The van der Waals surface area contributed by atoms with Crippen molar-refractivity contribution in [3.05, 3.63) is 54.0 Å². The van der Waals surface area contributed by atoms with Gasteiger partial charge in [0.25, 0.3) is 0 Å². The fourth-order valence-corrected chi connectivity index (χ4v) is 2.22. The first-order valence-electron chi connectivity index (χ1n) is 6.34. The molecule has 0 radical (unpaired) electrons. The lowest BCUT2D eigenvalue weighted by Crippen LogP contribution is -2.08. The number of fused-ring (bicyclic) bond motifs is 1. The number of benzene rings is 1. The van der Waals surface area contributed by atoms with Gasteiger partial charge in [-0.15, -0.1) is 0 Å². The van der Waals surface area contributed by atoms with Crippen LogP contribution in [0.1, 0.15) is 11.4 Å². The first kappa shape index (κ1) is 11.9. The van der Waals surface area contributed by atoms with Gasteiger partial charge < -0.3 is 5.32 Å². The van der Waals surface area contributed by atoms with E-state index in [9.17, 15) is 0 Å². The third-order valence-corrected chi connectivity index (χ3v) is 3.07. The maximum Gasteiger partial charge on any atom is 0.0758 e. The minimum absolute atomic E-state index is 0.748. The van der Waals surface area contributed by atoms with Gasteiger partial charge in [-0.1, -0.05) is 18.2 Å². The number of pyridine rings is 1. The summed E-state index contributed by atoms with van der Waals surface area (Å²) in [7, 11) is 1.93.